The normalized spacial score (nSPS) is 16.9. The molecule has 1 saturated heterocycles. The summed E-state index contributed by atoms with van der Waals surface area (Å²) in [6.45, 7) is 0.278. The van der Waals surface area contributed by atoms with E-state index in [2.05, 4.69) is 22.4 Å². The summed E-state index contributed by atoms with van der Waals surface area (Å²) in [6, 6.07) is 13.8. The van der Waals surface area contributed by atoms with Gasteiger partial charge < -0.3 is 5.32 Å². The van der Waals surface area contributed by atoms with Crippen LogP contribution in [0.4, 0.5) is 5.13 Å². The summed E-state index contributed by atoms with van der Waals surface area (Å²) in [5, 5.41) is 3.50. The number of anilines is 1. The first-order valence-corrected chi connectivity index (χ1v) is 15.5. The van der Waals surface area contributed by atoms with Crippen molar-refractivity contribution in [2.45, 2.75) is 35.5 Å². The first-order valence-electron chi connectivity index (χ1n) is 11.3. The molecule has 1 aliphatic heterocycles. The van der Waals surface area contributed by atoms with Crippen LogP contribution in [-0.4, -0.2) is 51.4 Å². The van der Waals surface area contributed by atoms with E-state index in [1.165, 1.54) is 45.5 Å². The molecule has 184 valence electrons. The molecule has 0 saturated carbocycles. The third kappa shape index (κ3) is 4.65. The Morgan fingerprint density at radius 1 is 0.971 bits per heavy atom. The molecule has 2 aliphatic rings. The quantitative estimate of drug-likeness (QED) is 0.540. The molecular formula is C24H25N3O5S3. The average molecular weight is 532 g/mol. The molecule has 0 radical (unpaired) electrons. The number of aryl methyl sites for hydroxylation is 2. The van der Waals surface area contributed by atoms with E-state index in [0.29, 0.717) is 18.0 Å². The Hall–Kier alpha value is -2.60. The van der Waals surface area contributed by atoms with Crippen LogP contribution < -0.4 is 5.32 Å². The van der Waals surface area contributed by atoms with Gasteiger partial charge in [-0.05, 0) is 43.4 Å². The third-order valence-corrected chi connectivity index (χ3v) is 10.8. The van der Waals surface area contributed by atoms with E-state index in [-0.39, 0.29) is 34.7 Å². The van der Waals surface area contributed by atoms with Crippen LogP contribution in [0.25, 0.3) is 11.3 Å². The summed E-state index contributed by atoms with van der Waals surface area (Å²) in [7, 11) is -7.71. The molecular weight excluding hydrogens is 506 g/mol. The molecule has 11 heteroatoms. The Morgan fingerprint density at radius 3 is 2.34 bits per heavy atom. The van der Waals surface area contributed by atoms with Crippen LogP contribution in [0.15, 0.2) is 58.3 Å². The maximum atomic E-state index is 13.2. The van der Waals surface area contributed by atoms with Gasteiger partial charge in [-0.15, -0.1) is 11.3 Å². The summed E-state index contributed by atoms with van der Waals surface area (Å²) in [5.74, 6) is -0.516. The van der Waals surface area contributed by atoms with Crippen molar-refractivity contribution in [2.75, 3.05) is 24.7 Å². The van der Waals surface area contributed by atoms with E-state index in [1.807, 2.05) is 12.1 Å². The maximum Gasteiger partial charge on any atom is 0.244 e. The fourth-order valence-corrected chi connectivity index (χ4v) is 8.73. The Labute approximate surface area is 209 Å². The molecule has 0 unspecified atom stereocenters. The van der Waals surface area contributed by atoms with Crippen molar-refractivity contribution < 1.29 is 21.6 Å². The molecule has 1 aromatic heterocycles. The Kier molecular flexibility index (Phi) is 6.28. The topological polar surface area (TPSA) is 114 Å². The molecule has 0 atom stereocenters. The van der Waals surface area contributed by atoms with E-state index in [0.717, 1.165) is 35.2 Å². The highest BCUT2D eigenvalue weighted by Crippen LogP contribution is 2.38. The minimum Gasteiger partial charge on any atom is -0.302 e. The smallest absolute Gasteiger partial charge is 0.244 e. The Morgan fingerprint density at radius 2 is 1.63 bits per heavy atom. The molecule has 35 heavy (non-hydrogen) atoms. The van der Waals surface area contributed by atoms with Crippen LogP contribution in [0.5, 0.6) is 0 Å². The summed E-state index contributed by atoms with van der Waals surface area (Å²) in [5.41, 5.74) is 3.30. The van der Waals surface area contributed by atoms with Gasteiger partial charge in [0.1, 0.15) is 4.90 Å². The summed E-state index contributed by atoms with van der Waals surface area (Å²) in [4.78, 5) is 18.3. The highest BCUT2D eigenvalue weighted by molar-refractivity contribution is 7.93. The maximum absolute atomic E-state index is 13.2. The number of hydrogen-bond acceptors (Lipinski definition) is 7. The van der Waals surface area contributed by atoms with Gasteiger partial charge in [-0.25, -0.2) is 21.8 Å². The first-order chi connectivity index (χ1) is 16.6. The highest BCUT2D eigenvalue weighted by Gasteiger charge is 2.35. The predicted octanol–water partition coefficient (Wildman–Crippen LogP) is 3.35. The van der Waals surface area contributed by atoms with Gasteiger partial charge in [0.2, 0.25) is 15.9 Å². The molecule has 5 rings (SSSR count). The lowest BCUT2D eigenvalue weighted by Gasteiger charge is -2.30. The van der Waals surface area contributed by atoms with Gasteiger partial charge in [-0.1, -0.05) is 36.4 Å². The lowest BCUT2D eigenvalue weighted by atomic mass is 9.94. The Bertz CT molecular complexity index is 1500. The lowest BCUT2D eigenvalue weighted by Crippen LogP contribution is -2.41. The van der Waals surface area contributed by atoms with Crippen molar-refractivity contribution in [3.63, 3.8) is 0 Å². The van der Waals surface area contributed by atoms with Crippen LogP contribution in [0.2, 0.25) is 0 Å². The van der Waals surface area contributed by atoms with Crippen molar-refractivity contribution in [3.05, 3.63) is 59.0 Å². The van der Waals surface area contributed by atoms with E-state index < -0.39 is 19.9 Å². The molecule has 0 spiro atoms. The number of rotatable bonds is 5. The molecule has 3 aromatic rings. The fraction of sp³-hybridized carbons (Fsp3) is 0.333. The van der Waals surface area contributed by atoms with Crippen LogP contribution in [0.1, 0.15) is 23.3 Å². The largest absolute Gasteiger partial charge is 0.302 e. The number of nitrogens with one attached hydrogen (secondary N) is 1. The molecule has 2 aromatic carbocycles. The van der Waals surface area contributed by atoms with E-state index >= 15 is 0 Å². The number of hydrogen-bond donors (Lipinski definition) is 1. The zero-order valence-electron chi connectivity index (χ0n) is 19.1. The minimum atomic E-state index is -4.00. The van der Waals surface area contributed by atoms with Gasteiger partial charge >= 0.3 is 0 Å². The van der Waals surface area contributed by atoms with Crippen molar-refractivity contribution in [1.82, 2.24) is 9.29 Å². The molecule has 8 nitrogen and oxygen atoms in total. The summed E-state index contributed by atoms with van der Waals surface area (Å²) >= 11 is 1.49. The summed E-state index contributed by atoms with van der Waals surface area (Å²) in [6.07, 6.45) is 3.53. The number of fused-ring (bicyclic) bond motifs is 3. The van der Waals surface area contributed by atoms with E-state index in [9.17, 15) is 21.6 Å². The molecule has 2 heterocycles. The molecule has 1 aliphatic carbocycles. The van der Waals surface area contributed by atoms with Crippen molar-refractivity contribution in [1.29, 1.82) is 0 Å². The van der Waals surface area contributed by atoms with Crippen LogP contribution in [-0.2, 0) is 37.5 Å². The van der Waals surface area contributed by atoms with Crippen LogP contribution in [0.3, 0.4) is 0 Å². The number of amides is 1. The summed E-state index contributed by atoms with van der Waals surface area (Å²) < 4.78 is 51.8. The van der Waals surface area contributed by atoms with Gasteiger partial charge in [0.05, 0.1) is 10.6 Å². The number of carbonyl (C=O) groups is 1. The highest BCUT2D eigenvalue weighted by atomic mass is 32.2. The van der Waals surface area contributed by atoms with Gasteiger partial charge in [0, 0.05) is 35.7 Å². The van der Waals surface area contributed by atoms with Gasteiger partial charge in [0.15, 0.2) is 15.0 Å². The first kappa shape index (κ1) is 24.1. The second-order valence-corrected chi connectivity index (χ2v) is 13.8. The zero-order chi connectivity index (χ0) is 24.8. The molecule has 1 N–H and O–H groups in total. The third-order valence-electron chi connectivity index (χ3n) is 6.51. The predicted molar refractivity (Wildman–Crippen MR) is 135 cm³/mol. The second kappa shape index (κ2) is 9.12. The van der Waals surface area contributed by atoms with Gasteiger partial charge in [0.25, 0.3) is 0 Å². The number of benzene rings is 2. The van der Waals surface area contributed by atoms with E-state index in [1.54, 1.807) is 0 Å². The second-order valence-electron chi connectivity index (χ2n) is 8.83. The molecule has 1 fully saturated rings. The van der Waals surface area contributed by atoms with Crippen molar-refractivity contribution >= 4 is 42.2 Å². The number of thiazole rings is 1. The van der Waals surface area contributed by atoms with Gasteiger partial charge in [-0.3, -0.25) is 4.79 Å². The lowest BCUT2D eigenvalue weighted by molar-refractivity contribution is -0.120. The number of carbonyl (C=O) groups excluding carboxylic acids is 1. The van der Waals surface area contributed by atoms with Crippen LogP contribution in [0, 0.1) is 5.92 Å². The number of aromatic nitrogens is 1. The molecule has 1 amide bonds. The number of piperidine rings is 1. The minimum absolute atomic E-state index is 0.139. The molecule has 0 bridgehead atoms. The zero-order valence-corrected chi connectivity index (χ0v) is 21.5. The van der Waals surface area contributed by atoms with Crippen LogP contribution >= 0.6 is 11.3 Å². The van der Waals surface area contributed by atoms with Crippen molar-refractivity contribution in [2.24, 2.45) is 5.92 Å². The van der Waals surface area contributed by atoms with E-state index in [4.69, 9.17) is 0 Å². The number of sulfonamides is 1. The average Bonchev–Trinajstić information content (AvgIpc) is 3.26. The number of sulfone groups is 1. The van der Waals surface area contributed by atoms with Crippen molar-refractivity contribution in [3.8, 4) is 11.3 Å². The Balaban J connectivity index is 1.27. The fourth-order valence-electron chi connectivity index (χ4n) is 4.68. The SMILES string of the molecule is CS(=O)(=O)c1ccccc1S(=O)(=O)N1CCC(C(=O)Nc2nc3c(s2)CCc2ccccc2-3)CC1. The monoisotopic (exact) mass is 531 g/mol. The standard InChI is InChI=1S/C24H25N3O5S3/c1-34(29,30)20-8-4-5-9-21(20)35(31,32)27-14-12-17(13-15-27)23(28)26-24-25-22-18-7-3-2-6-16(18)10-11-19(22)33-24/h2-9,17H,10-15H2,1H3,(H,25,26,28). The van der Waals surface area contributed by atoms with Gasteiger partial charge in [-0.2, -0.15) is 4.31 Å². The number of nitrogens with zero attached hydrogens (tertiary/aromatic N) is 2.